The van der Waals surface area contributed by atoms with Crippen LogP contribution < -0.4 is 34.7 Å². The van der Waals surface area contributed by atoms with Gasteiger partial charge in [-0.15, -0.1) is 0 Å². The van der Waals surface area contributed by atoms with Crippen LogP contribution in [0.3, 0.4) is 0 Å². The molecule has 0 aromatic heterocycles. The second-order valence-electron chi connectivity index (χ2n) is 3.09. The SMILES string of the molecule is CC(/C=C/c1ccc(F)cc1)=C\C(=O)[O-].[Na+]. The first-order valence-electron chi connectivity index (χ1n) is 4.41. The van der Waals surface area contributed by atoms with Crippen molar-refractivity contribution in [1.29, 1.82) is 0 Å². The number of hydrogen-bond donors (Lipinski definition) is 0. The van der Waals surface area contributed by atoms with E-state index >= 15 is 0 Å². The minimum Gasteiger partial charge on any atom is -0.545 e. The smallest absolute Gasteiger partial charge is 0.545 e. The first kappa shape index (κ1) is 15.1. The van der Waals surface area contributed by atoms with Crippen molar-refractivity contribution in [2.24, 2.45) is 0 Å². The summed E-state index contributed by atoms with van der Waals surface area (Å²) in [6.07, 6.45) is 4.33. The molecule has 0 aliphatic carbocycles. The average molecular weight is 228 g/mol. The maximum atomic E-state index is 12.5. The first-order chi connectivity index (χ1) is 7.08. The summed E-state index contributed by atoms with van der Waals surface area (Å²) >= 11 is 0. The van der Waals surface area contributed by atoms with Crippen molar-refractivity contribution in [2.45, 2.75) is 6.92 Å². The molecule has 4 heteroatoms. The molecular weight excluding hydrogens is 218 g/mol. The standard InChI is InChI=1S/C12H11FO2.Na/c1-9(8-12(14)15)2-3-10-4-6-11(13)7-5-10;/h2-8H,1H3,(H,14,15);/q;+1/p-1/b3-2+,9-8+;. The largest absolute Gasteiger partial charge is 1.00 e. The minimum atomic E-state index is -1.23. The molecule has 0 radical (unpaired) electrons. The predicted molar refractivity (Wildman–Crippen MR) is 54.2 cm³/mol. The number of allylic oxidation sites excluding steroid dienone is 2. The van der Waals surface area contributed by atoms with Crippen molar-refractivity contribution >= 4 is 12.0 Å². The number of carboxylic acids is 1. The quantitative estimate of drug-likeness (QED) is 0.360. The Balaban J connectivity index is 0.00000225. The van der Waals surface area contributed by atoms with Crippen LogP contribution in [0, 0.1) is 5.82 Å². The third-order valence-electron chi connectivity index (χ3n) is 1.75. The number of halogens is 1. The molecule has 78 valence electrons. The summed E-state index contributed by atoms with van der Waals surface area (Å²) in [6, 6.07) is 5.91. The van der Waals surface area contributed by atoms with E-state index in [1.165, 1.54) is 12.1 Å². The van der Waals surface area contributed by atoms with E-state index in [-0.39, 0.29) is 35.4 Å². The predicted octanol–water partition coefficient (Wildman–Crippen LogP) is -1.46. The number of carboxylic acid groups (broad SMARTS) is 1. The zero-order valence-electron chi connectivity index (χ0n) is 9.24. The molecule has 0 spiro atoms. The molecular formula is C12H10FNaO2. The first-order valence-corrected chi connectivity index (χ1v) is 4.41. The van der Waals surface area contributed by atoms with Crippen LogP contribution in [0.5, 0.6) is 0 Å². The number of hydrogen-bond acceptors (Lipinski definition) is 2. The normalized spacial score (nSPS) is 11.2. The van der Waals surface area contributed by atoms with Gasteiger partial charge in [-0.1, -0.05) is 24.3 Å². The minimum absolute atomic E-state index is 0. The van der Waals surface area contributed by atoms with Crippen molar-refractivity contribution in [3.8, 4) is 0 Å². The maximum Gasteiger partial charge on any atom is 1.00 e. The number of carbonyl (C=O) groups excluding carboxylic acids is 1. The van der Waals surface area contributed by atoms with Crippen LogP contribution in [-0.2, 0) is 4.79 Å². The van der Waals surface area contributed by atoms with Gasteiger partial charge in [-0.3, -0.25) is 0 Å². The van der Waals surface area contributed by atoms with E-state index < -0.39 is 5.97 Å². The summed E-state index contributed by atoms with van der Waals surface area (Å²) in [5.74, 6) is -1.52. The maximum absolute atomic E-state index is 12.5. The van der Waals surface area contributed by atoms with Gasteiger partial charge in [-0.05, 0) is 36.3 Å². The van der Waals surface area contributed by atoms with Gasteiger partial charge < -0.3 is 9.90 Å². The van der Waals surface area contributed by atoms with Gasteiger partial charge in [0, 0.05) is 0 Å². The van der Waals surface area contributed by atoms with Crippen molar-refractivity contribution in [3.05, 3.63) is 53.4 Å². The number of rotatable bonds is 3. The molecule has 0 saturated carbocycles. The van der Waals surface area contributed by atoms with E-state index in [4.69, 9.17) is 0 Å². The Bertz CT molecular complexity index is 408. The van der Waals surface area contributed by atoms with Gasteiger partial charge >= 0.3 is 29.6 Å². The van der Waals surface area contributed by atoms with E-state index in [9.17, 15) is 14.3 Å². The molecule has 0 saturated heterocycles. The van der Waals surface area contributed by atoms with E-state index in [1.807, 2.05) is 0 Å². The molecule has 0 unspecified atom stereocenters. The average Bonchev–Trinajstić information content (AvgIpc) is 2.16. The van der Waals surface area contributed by atoms with Crippen LogP contribution in [0.1, 0.15) is 12.5 Å². The van der Waals surface area contributed by atoms with Gasteiger partial charge in [0.15, 0.2) is 0 Å². The van der Waals surface area contributed by atoms with Crippen molar-refractivity contribution in [2.75, 3.05) is 0 Å². The van der Waals surface area contributed by atoms with Gasteiger partial charge in [0.1, 0.15) is 5.82 Å². The van der Waals surface area contributed by atoms with Crippen LogP contribution >= 0.6 is 0 Å². The van der Waals surface area contributed by atoms with Crippen molar-refractivity contribution < 1.29 is 43.8 Å². The fourth-order valence-electron chi connectivity index (χ4n) is 1.04. The molecule has 0 N–H and O–H groups in total. The molecule has 1 aromatic rings. The molecule has 0 fully saturated rings. The molecule has 0 amide bonds. The molecule has 0 bridgehead atoms. The molecule has 2 nitrogen and oxygen atoms in total. The fourth-order valence-corrected chi connectivity index (χ4v) is 1.04. The zero-order chi connectivity index (χ0) is 11.3. The number of benzene rings is 1. The van der Waals surface area contributed by atoms with Crippen LogP contribution in [0.4, 0.5) is 4.39 Å². The van der Waals surface area contributed by atoms with Crippen molar-refractivity contribution in [1.82, 2.24) is 0 Å². The summed E-state index contributed by atoms with van der Waals surface area (Å²) in [7, 11) is 0. The van der Waals surface area contributed by atoms with E-state index in [1.54, 1.807) is 31.2 Å². The number of carbonyl (C=O) groups is 1. The Morgan fingerprint density at radius 1 is 1.31 bits per heavy atom. The molecule has 16 heavy (non-hydrogen) atoms. The molecule has 1 rings (SSSR count). The molecule has 0 atom stereocenters. The molecule has 1 aromatic carbocycles. The summed E-state index contributed by atoms with van der Waals surface area (Å²) in [5.41, 5.74) is 1.38. The third kappa shape index (κ3) is 5.85. The van der Waals surface area contributed by atoms with Crippen molar-refractivity contribution in [3.63, 3.8) is 0 Å². The Hall–Kier alpha value is -0.900. The van der Waals surface area contributed by atoms with E-state index in [2.05, 4.69) is 0 Å². The Morgan fingerprint density at radius 2 is 1.88 bits per heavy atom. The summed E-state index contributed by atoms with van der Waals surface area (Å²) in [4.78, 5) is 10.2. The monoisotopic (exact) mass is 228 g/mol. The summed E-state index contributed by atoms with van der Waals surface area (Å²) < 4.78 is 12.5. The Kier molecular flexibility index (Phi) is 6.97. The fraction of sp³-hybridized carbons (Fsp3) is 0.0833. The van der Waals surface area contributed by atoms with Gasteiger partial charge in [-0.2, -0.15) is 0 Å². The van der Waals surface area contributed by atoms with Gasteiger partial charge in [0.05, 0.1) is 5.97 Å². The van der Waals surface area contributed by atoms with Crippen LogP contribution in [0.25, 0.3) is 6.08 Å². The number of aliphatic carboxylic acids is 1. The summed E-state index contributed by atoms with van der Waals surface area (Å²) in [6.45, 7) is 1.65. The summed E-state index contributed by atoms with van der Waals surface area (Å²) in [5, 5.41) is 10.2. The topological polar surface area (TPSA) is 40.1 Å². The van der Waals surface area contributed by atoms with Crippen LogP contribution in [-0.4, -0.2) is 5.97 Å². The second kappa shape index (κ2) is 7.39. The molecule has 0 aliphatic rings. The van der Waals surface area contributed by atoms with E-state index in [0.29, 0.717) is 5.57 Å². The molecule has 0 aliphatic heterocycles. The second-order valence-corrected chi connectivity index (χ2v) is 3.09. The van der Waals surface area contributed by atoms with Gasteiger partial charge in [0.2, 0.25) is 0 Å². The van der Waals surface area contributed by atoms with Gasteiger partial charge in [-0.25, -0.2) is 4.39 Å². The Morgan fingerprint density at radius 3 is 2.38 bits per heavy atom. The Labute approximate surface area is 116 Å². The third-order valence-corrected chi connectivity index (χ3v) is 1.75. The van der Waals surface area contributed by atoms with E-state index in [0.717, 1.165) is 11.6 Å². The molecule has 0 heterocycles. The van der Waals surface area contributed by atoms with Crippen LogP contribution in [0.2, 0.25) is 0 Å². The van der Waals surface area contributed by atoms with Crippen LogP contribution in [0.15, 0.2) is 42.0 Å². The van der Waals surface area contributed by atoms with Gasteiger partial charge in [0.25, 0.3) is 0 Å². The zero-order valence-corrected chi connectivity index (χ0v) is 11.2.